The van der Waals surface area contributed by atoms with E-state index >= 15 is 0 Å². The van der Waals surface area contributed by atoms with Crippen molar-refractivity contribution >= 4 is 22.7 Å². The Kier molecular flexibility index (Phi) is 1.60. The maximum Gasteiger partial charge on any atom is 0.419 e. The van der Waals surface area contributed by atoms with Gasteiger partial charge >= 0.3 is 5.76 Å². The zero-order valence-corrected chi connectivity index (χ0v) is 7.50. The Bertz CT molecular complexity index is 526. The average Bonchev–Trinajstić information content (AvgIpc) is 2.32. The van der Waals surface area contributed by atoms with Crippen molar-refractivity contribution in [2.75, 3.05) is 0 Å². The number of nitrogens with zero attached hydrogens (tertiary/aromatic N) is 1. The summed E-state index contributed by atoms with van der Waals surface area (Å²) >= 11 is 5.74. The third-order valence-corrected chi connectivity index (χ3v) is 2.11. The van der Waals surface area contributed by atoms with Crippen molar-refractivity contribution in [1.82, 2.24) is 4.57 Å². The summed E-state index contributed by atoms with van der Waals surface area (Å²) < 4.78 is 6.13. The van der Waals surface area contributed by atoms with Gasteiger partial charge < -0.3 is 9.52 Å². The fourth-order valence-corrected chi connectivity index (χ4v) is 1.42. The first-order valence-corrected chi connectivity index (χ1v) is 3.95. The van der Waals surface area contributed by atoms with Gasteiger partial charge in [0.2, 0.25) is 0 Å². The van der Waals surface area contributed by atoms with Crippen LogP contribution in [0.2, 0.25) is 5.02 Å². The van der Waals surface area contributed by atoms with E-state index < -0.39 is 5.76 Å². The van der Waals surface area contributed by atoms with Crippen LogP contribution in [0.4, 0.5) is 0 Å². The molecule has 68 valence electrons. The number of hydrogen-bond acceptors (Lipinski definition) is 3. The number of hydrogen-bond donors (Lipinski definition) is 1. The summed E-state index contributed by atoms with van der Waals surface area (Å²) in [6, 6.07) is 2.75. The summed E-state index contributed by atoms with van der Waals surface area (Å²) in [6.07, 6.45) is 0. The van der Waals surface area contributed by atoms with E-state index in [0.717, 1.165) is 0 Å². The van der Waals surface area contributed by atoms with E-state index in [4.69, 9.17) is 16.0 Å². The normalized spacial score (nSPS) is 10.9. The van der Waals surface area contributed by atoms with Crippen LogP contribution < -0.4 is 5.76 Å². The molecule has 13 heavy (non-hydrogen) atoms. The molecule has 0 saturated heterocycles. The Morgan fingerprint density at radius 1 is 1.54 bits per heavy atom. The molecule has 0 bridgehead atoms. The van der Waals surface area contributed by atoms with Crippen molar-refractivity contribution in [2.24, 2.45) is 7.05 Å². The van der Waals surface area contributed by atoms with Gasteiger partial charge in [-0.3, -0.25) is 4.57 Å². The molecule has 0 atom stereocenters. The minimum atomic E-state index is -0.498. The van der Waals surface area contributed by atoms with E-state index in [1.165, 1.54) is 16.7 Å². The third kappa shape index (κ3) is 1.10. The van der Waals surface area contributed by atoms with Crippen LogP contribution in [0.1, 0.15) is 0 Å². The molecule has 0 saturated carbocycles. The van der Waals surface area contributed by atoms with Crippen LogP contribution in [-0.2, 0) is 7.05 Å². The molecule has 0 amide bonds. The number of fused-ring (bicyclic) bond motifs is 1. The van der Waals surface area contributed by atoms with Crippen molar-refractivity contribution in [2.45, 2.75) is 0 Å². The SMILES string of the molecule is Cn1c(=O)oc2c(Cl)cc(O)cc21. The lowest BCUT2D eigenvalue weighted by atomic mass is 10.3. The van der Waals surface area contributed by atoms with E-state index in [-0.39, 0.29) is 10.8 Å². The number of phenolic OH excluding ortho intramolecular Hbond substituents is 1. The number of aromatic hydroxyl groups is 1. The number of phenols is 1. The first kappa shape index (κ1) is 8.19. The number of halogens is 1. The van der Waals surface area contributed by atoms with Crippen molar-refractivity contribution in [3.05, 3.63) is 27.7 Å². The smallest absolute Gasteiger partial charge is 0.419 e. The fraction of sp³-hybridized carbons (Fsp3) is 0.125. The van der Waals surface area contributed by atoms with Crippen LogP contribution in [0.15, 0.2) is 21.3 Å². The highest BCUT2D eigenvalue weighted by molar-refractivity contribution is 6.34. The second kappa shape index (κ2) is 2.53. The second-order valence-electron chi connectivity index (χ2n) is 2.70. The summed E-state index contributed by atoms with van der Waals surface area (Å²) in [5.74, 6) is -0.489. The third-order valence-electron chi connectivity index (χ3n) is 1.83. The number of rotatable bonds is 0. The van der Waals surface area contributed by atoms with Crippen LogP contribution in [-0.4, -0.2) is 9.67 Å². The number of oxazole rings is 1. The van der Waals surface area contributed by atoms with Crippen LogP contribution in [0, 0.1) is 0 Å². The topological polar surface area (TPSA) is 55.4 Å². The molecule has 0 radical (unpaired) electrons. The summed E-state index contributed by atoms with van der Waals surface area (Å²) in [5.41, 5.74) is 0.780. The Balaban J connectivity index is 3.03. The molecular weight excluding hydrogens is 194 g/mol. The van der Waals surface area contributed by atoms with Gasteiger partial charge in [-0.25, -0.2) is 4.79 Å². The highest BCUT2D eigenvalue weighted by Gasteiger charge is 2.10. The van der Waals surface area contributed by atoms with Crippen LogP contribution in [0.25, 0.3) is 11.1 Å². The molecule has 4 nitrogen and oxygen atoms in total. The minimum Gasteiger partial charge on any atom is -0.508 e. The molecular formula is C8H6ClNO3. The Morgan fingerprint density at radius 3 is 2.92 bits per heavy atom. The molecule has 2 rings (SSSR count). The van der Waals surface area contributed by atoms with Gasteiger partial charge in [0.1, 0.15) is 5.75 Å². The molecule has 5 heteroatoms. The van der Waals surface area contributed by atoms with Gasteiger partial charge in [-0.1, -0.05) is 11.6 Å². The van der Waals surface area contributed by atoms with Crippen LogP contribution in [0.3, 0.4) is 0 Å². The fourth-order valence-electron chi connectivity index (χ4n) is 1.17. The van der Waals surface area contributed by atoms with Crippen molar-refractivity contribution in [3.63, 3.8) is 0 Å². The second-order valence-corrected chi connectivity index (χ2v) is 3.11. The predicted octanol–water partition coefficient (Wildman–Crippen LogP) is 1.49. The Hall–Kier alpha value is -1.42. The quantitative estimate of drug-likeness (QED) is 0.700. The monoisotopic (exact) mass is 199 g/mol. The lowest BCUT2D eigenvalue weighted by Crippen LogP contribution is -2.08. The van der Waals surface area contributed by atoms with Crippen molar-refractivity contribution in [1.29, 1.82) is 0 Å². The molecule has 0 aliphatic carbocycles. The molecule has 1 N–H and O–H groups in total. The summed E-state index contributed by atoms with van der Waals surface area (Å²) in [7, 11) is 1.55. The van der Waals surface area contributed by atoms with Crippen LogP contribution in [0.5, 0.6) is 5.75 Å². The van der Waals surface area contributed by atoms with Gasteiger partial charge in [0.15, 0.2) is 5.58 Å². The number of aryl methyl sites for hydroxylation is 1. The molecule has 0 spiro atoms. The first-order valence-electron chi connectivity index (χ1n) is 3.57. The molecule has 0 unspecified atom stereocenters. The van der Waals surface area contributed by atoms with Gasteiger partial charge in [0, 0.05) is 19.2 Å². The zero-order valence-electron chi connectivity index (χ0n) is 6.74. The summed E-state index contributed by atoms with van der Waals surface area (Å²) in [5, 5.41) is 9.43. The lowest BCUT2D eigenvalue weighted by molar-refractivity contribution is 0.475. The molecule has 0 aliphatic heterocycles. The maximum absolute atomic E-state index is 11.1. The van der Waals surface area contributed by atoms with E-state index in [2.05, 4.69) is 0 Å². The zero-order chi connectivity index (χ0) is 9.59. The van der Waals surface area contributed by atoms with Gasteiger partial charge in [-0.15, -0.1) is 0 Å². The van der Waals surface area contributed by atoms with E-state index in [0.29, 0.717) is 11.1 Å². The predicted molar refractivity (Wildman–Crippen MR) is 48.1 cm³/mol. The van der Waals surface area contributed by atoms with Gasteiger partial charge in [0.05, 0.1) is 10.5 Å². The molecule has 1 aromatic heterocycles. The van der Waals surface area contributed by atoms with E-state index in [1.807, 2.05) is 0 Å². The van der Waals surface area contributed by atoms with Gasteiger partial charge in [-0.2, -0.15) is 0 Å². The number of benzene rings is 1. The van der Waals surface area contributed by atoms with E-state index in [9.17, 15) is 9.90 Å². The minimum absolute atomic E-state index is 0.00824. The number of aromatic nitrogens is 1. The Labute approximate surface area is 78.0 Å². The lowest BCUT2D eigenvalue weighted by Gasteiger charge is -1.95. The highest BCUT2D eigenvalue weighted by Crippen LogP contribution is 2.27. The molecule has 0 aliphatic rings. The molecule has 0 fully saturated rings. The molecule has 1 heterocycles. The summed E-state index contributed by atoms with van der Waals surface area (Å²) in [4.78, 5) is 11.1. The standard InChI is InChI=1S/C8H6ClNO3/c1-10-6-3-4(11)2-5(9)7(6)13-8(10)12/h2-3,11H,1H3. The average molecular weight is 200 g/mol. The summed E-state index contributed by atoms with van der Waals surface area (Å²) in [6.45, 7) is 0. The highest BCUT2D eigenvalue weighted by atomic mass is 35.5. The van der Waals surface area contributed by atoms with Crippen LogP contribution >= 0.6 is 11.6 Å². The van der Waals surface area contributed by atoms with Crippen molar-refractivity contribution in [3.8, 4) is 5.75 Å². The maximum atomic E-state index is 11.1. The van der Waals surface area contributed by atoms with Gasteiger partial charge in [0.25, 0.3) is 0 Å². The largest absolute Gasteiger partial charge is 0.508 e. The molecule has 1 aromatic carbocycles. The van der Waals surface area contributed by atoms with E-state index in [1.54, 1.807) is 7.05 Å². The Morgan fingerprint density at radius 2 is 2.23 bits per heavy atom. The van der Waals surface area contributed by atoms with Gasteiger partial charge in [-0.05, 0) is 0 Å². The first-order chi connectivity index (χ1) is 6.09. The van der Waals surface area contributed by atoms with Crippen molar-refractivity contribution < 1.29 is 9.52 Å². The molecule has 2 aromatic rings.